The largest absolute Gasteiger partial charge is 0.487 e. The van der Waals surface area contributed by atoms with Crippen molar-refractivity contribution in [2.24, 2.45) is 0 Å². The summed E-state index contributed by atoms with van der Waals surface area (Å²) in [6.07, 6.45) is 1.01. The molecule has 1 heterocycles. The molecule has 0 aliphatic carbocycles. The Labute approximate surface area is 110 Å². The van der Waals surface area contributed by atoms with Crippen molar-refractivity contribution in [3.63, 3.8) is 0 Å². The Hall–Kier alpha value is -1.06. The summed E-state index contributed by atoms with van der Waals surface area (Å²) >= 11 is 0. The van der Waals surface area contributed by atoms with Gasteiger partial charge in [0.25, 0.3) is 0 Å². The zero-order valence-corrected chi connectivity index (χ0v) is 11.9. The molecule has 0 bridgehead atoms. The van der Waals surface area contributed by atoms with Gasteiger partial charge in [0.1, 0.15) is 11.4 Å². The predicted molar refractivity (Wildman–Crippen MR) is 75.1 cm³/mol. The topological polar surface area (TPSA) is 24.5 Å². The average Bonchev–Trinajstić information content (AvgIpc) is 2.62. The molecule has 0 unspecified atom stereocenters. The van der Waals surface area contributed by atoms with Gasteiger partial charge in [0.15, 0.2) is 0 Å². The third kappa shape index (κ3) is 3.03. The summed E-state index contributed by atoms with van der Waals surface area (Å²) in [7, 11) is 4.14. The number of nitrogens with one attached hydrogen (secondary N) is 1. The maximum absolute atomic E-state index is 6.09. The van der Waals surface area contributed by atoms with Crippen molar-refractivity contribution < 1.29 is 4.74 Å². The molecular formula is C15H24N2O. The maximum atomic E-state index is 6.09. The van der Waals surface area contributed by atoms with Crippen LogP contribution in [0.25, 0.3) is 0 Å². The standard InChI is InChI=1S/C15H24N2O/c1-15(2)10-12-6-5-7-13(14(12)18-15)11-17(4)9-8-16-3/h5-7,16H,8-11H2,1-4H3. The first-order chi connectivity index (χ1) is 8.52. The summed E-state index contributed by atoms with van der Waals surface area (Å²) < 4.78 is 6.09. The van der Waals surface area contributed by atoms with E-state index in [0.29, 0.717) is 0 Å². The van der Waals surface area contributed by atoms with Crippen LogP contribution in [0.3, 0.4) is 0 Å². The lowest BCUT2D eigenvalue weighted by atomic mass is 10.0. The lowest BCUT2D eigenvalue weighted by Crippen LogP contribution is -2.27. The van der Waals surface area contributed by atoms with Crippen LogP contribution in [-0.4, -0.2) is 37.7 Å². The Balaban J connectivity index is 2.09. The van der Waals surface area contributed by atoms with E-state index in [1.54, 1.807) is 0 Å². The van der Waals surface area contributed by atoms with Gasteiger partial charge in [-0.05, 0) is 33.5 Å². The van der Waals surface area contributed by atoms with Gasteiger partial charge >= 0.3 is 0 Å². The van der Waals surface area contributed by atoms with E-state index in [9.17, 15) is 0 Å². The van der Waals surface area contributed by atoms with E-state index in [1.165, 1.54) is 11.1 Å². The third-order valence-electron chi connectivity index (χ3n) is 3.36. The summed E-state index contributed by atoms with van der Waals surface area (Å²) in [6, 6.07) is 6.50. The van der Waals surface area contributed by atoms with Crippen LogP contribution < -0.4 is 10.1 Å². The highest BCUT2D eigenvalue weighted by atomic mass is 16.5. The summed E-state index contributed by atoms with van der Waals surface area (Å²) in [5.41, 5.74) is 2.60. The molecule has 1 aromatic rings. The molecule has 100 valence electrons. The molecule has 1 aromatic carbocycles. The highest BCUT2D eigenvalue weighted by Gasteiger charge is 2.31. The highest BCUT2D eigenvalue weighted by Crippen LogP contribution is 2.37. The van der Waals surface area contributed by atoms with Crippen LogP contribution in [0.2, 0.25) is 0 Å². The Bertz CT molecular complexity index is 415. The minimum absolute atomic E-state index is 0.0536. The fraction of sp³-hybridized carbons (Fsp3) is 0.600. The van der Waals surface area contributed by atoms with Crippen molar-refractivity contribution in [1.82, 2.24) is 10.2 Å². The zero-order valence-electron chi connectivity index (χ0n) is 11.9. The van der Waals surface area contributed by atoms with Crippen LogP contribution >= 0.6 is 0 Å². The molecule has 1 aliphatic rings. The second-order valence-electron chi connectivity index (χ2n) is 5.79. The van der Waals surface area contributed by atoms with Gasteiger partial charge in [-0.1, -0.05) is 18.2 Å². The molecule has 0 amide bonds. The molecule has 0 spiro atoms. The molecule has 3 heteroatoms. The highest BCUT2D eigenvalue weighted by molar-refractivity contribution is 5.45. The number of para-hydroxylation sites is 1. The van der Waals surface area contributed by atoms with E-state index >= 15 is 0 Å². The minimum Gasteiger partial charge on any atom is -0.487 e. The monoisotopic (exact) mass is 248 g/mol. The Morgan fingerprint density at radius 2 is 2.17 bits per heavy atom. The summed E-state index contributed by atoms with van der Waals surface area (Å²) in [4.78, 5) is 2.32. The van der Waals surface area contributed by atoms with Crippen molar-refractivity contribution in [3.8, 4) is 5.75 Å². The zero-order chi connectivity index (χ0) is 13.2. The van der Waals surface area contributed by atoms with Crippen molar-refractivity contribution in [1.29, 1.82) is 0 Å². The fourth-order valence-corrected chi connectivity index (χ4v) is 2.48. The van der Waals surface area contributed by atoms with E-state index in [4.69, 9.17) is 4.74 Å². The van der Waals surface area contributed by atoms with Crippen LogP contribution in [0.15, 0.2) is 18.2 Å². The van der Waals surface area contributed by atoms with Gasteiger partial charge in [0, 0.05) is 31.6 Å². The van der Waals surface area contributed by atoms with Gasteiger partial charge in [0.2, 0.25) is 0 Å². The third-order valence-corrected chi connectivity index (χ3v) is 3.36. The number of hydrogen-bond donors (Lipinski definition) is 1. The smallest absolute Gasteiger partial charge is 0.127 e. The number of ether oxygens (including phenoxy) is 1. The normalized spacial score (nSPS) is 16.7. The molecule has 1 aliphatic heterocycles. The Morgan fingerprint density at radius 3 is 2.89 bits per heavy atom. The van der Waals surface area contributed by atoms with Crippen LogP contribution in [0, 0.1) is 0 Å². The predicted octanol–water partition coefficient (Wildman–Crippen LogP) is 2.05. The van der Waals surface area contributed by atoms with E-state index in [-0.39, 0.29) is 5.60 Å². The quantitative estimate of drug-likeness (QED) is 0.863. The Morgan fingerprint density at radius 1 is 1.39 bits per heavy atom. The van der Waals surface area contributed by atoms with Gasteiger partial charge < -0.3 is 15.0 Å². The fourth-order valence-electron chi connectivity index (χ4n) is 2.48. The SMILES string of the molecule is CNCCN(C)Cc1cccc2c1OC(C)(C)C2. The van der Waals surface area contributed by atoms with Crippen LogP contribution in [0.4, 0.5) is 0 Å². The van der Waals surface area contributed by atoms with Crippen LogP contribution in [0.1, 0.15) is 25.0 Å². The van der Waals surface area contributed by atoms with Gasteiger partial charge in [-0.2, -0.15) is 0 Å². The number of fused-ring (bicyclic) bond motifs is 1. The molecule has 1 N–H and O–H groups in total. The van der Waals surface area contributed by atoms with E-state index in [2.05, 4.69) is 49.3 Å². The van der Waals surface area contributed by atoms with Crippen molar-refractivity contribution >= 4 is 0 Å². The number of rotatable bonds is 5. The van der Waals surface area contributed by atoms with E-state index < -0.39 is 0 Å². The second-order valence-corrected chi connectivity index (χ2v) is 5.79. The number of hydrogen-bond acceptors (Lipinski definition) is 3. The molecule has 0 saturated heterocycles. The first kappa shape index (κ1) is 13.4. The van der Waals surface area contributed by atoms with Crippen molar-refractivity contribution in [3.05, 3.63) is 29.3 Å². The summed E-state index contributed by atoms with van der Waals surface area (Å²) in [5, 5.41) is 3.18. The summed E-state index contributed by atoms with van der Waals surface area (Å²) in [6.45, 7) is 7.31. The van der Waals surface area contributed by atoms with Gasteiger partial charge in [-0.15, -0.1) is 0 Å². The molecular weight excluding hydrogens is 224 g/mol. The lowest BCUT2D eigenvalue weighted by molar-refractivity contribution is 0.136. The first-order valence-corrected chi connectivity index (χ1v) is 6.65. The molecule has 0 atom stereocenters. The van der Waals surface area contributed by atoms with Crippen molar-refractivity contribution in [2.45, 2.75) is 32.4 Å². The summed E-state index contributed by atoms with van der Waals surface area (Å²) in [5.74, 6) is 1.11. The molecule has 2 rings (SSSR count). The number of benzene rings is 1. The molecule has 0 fully saturated rings. The minimum atomic E-state index is -0.0536. The van der Waals surface area contributed by atoms with Gasteiger partial charge in [0.05, 0.1) is 0 Å². The van der Waals surface area contributed by atoms with Gasteiger partial charge in [-0.3, -0.25) is 0 Å². The lowest BCUT2D eigenvalue weighted by Gasteiger charge is -2.21. The van der Waals surface area contributed by atoms with Crippen LogP contribution in [0.5, 0.6) is 5.75 Å². The van der Waals surface area contributed by atoms with Gasteiger partial charge in [-0.25, -0.2) is 0 Å². The molecule has 0 saturated carbocycles. The van der Waals surface area contributed by atoms with E-state index in [0.717, 1.165) is 31.8 Å². The molecule has 0 aromatic heterocycles. The molecule has 18 heavy (non-hydrogen) atoms. The first-order valence-electron chi connectivity index (χ1n) is 6.65. The van der Waals surface area contributed by atoms with E-state index in [1.807, 2.05) is 7.05 Å². The average molecular weight is 248 g/mol. The number of nitrogens with zero attached hydrogens (tertiary/aromatic N) is 1. The maximum Gasteiger partial charge on any atom is 0.127 e. The van der Waals surface area contributed by atoms with Crippen LogP contribution in [-0.2, 0) is 13.0 Å². The molecule has 0 radical (unpaired) electrons. The second kappa shape index (κ2) is 5.29. The van der Waals surface area contributed by atoms with Crippen molar-refractivity contribution in [2.75, 3.05) is 27.2 Å². The Kier molecular flexibility index (Phi) is 3.93. The number of likely N-dealkylation sites (N-methyl/N-ethyl adjacent to an activating group) is 2. The molecule has 3 nitrogen and oxygen atoms in total.